The van der Waals surface area contributed by atoms with Gasteiger partial charge in [-0.3, -0.25) is 0 Å². The summed E-state index contributed by atoms with van der Waals surface area (Å²) in [5.41, 5.74) is 1.20. The molecule has 1 heterocycles. The standard InChI is InChI=1S/C9H16BrN3/c1-6(2)5-8-9(10)11-12-13(8)7(3)4/h6-7H,5H2,1-4H3. The van der Waals surface area contributed by atoms with Crippen molar-refractivity contribution in [3.8, 4) is 0 Å². The molecule has 0 radical (unpaired) electrons. The van der Waals surface area contributed by atoms with Crippen molar-refractivity contribution in [2.45, 2.75) is 40.2 Å². The van der Waals surface area contributed by atoms with Crippen molar-refractivity contribution in [3.63, 3.8) is 0 Å². The smallest absolute Gasteiger partial charge is 0.151 e. The second-order valence-corrected chi connectivity index (χ2v) is 4.71. The van der Waals surface area contributed by atoms with Gasteiger partial charge in [0.2, 0.25) is 0 Å². The van der Waals surface area contributed by atoms with Crippen molar-refractivity contribution in [1.82, 2.24) is 15.0 Å². The first-order valence-electron chi connectivity index (χ1n) is 4.62. The molecule has 0 bridgehead atoms. The summed E-state index contributed by atoms with van der Waals surface area (Å²) >= 11 is 3.42. The molecule has 0 saturated carbocycles. The summed E-state index contributed by atoms with van der Waals surface area (Å²) in [5.74, 6) is 0.632. The molecule has 0 aliphatic heterocycles. The Morgan fingerprint density at radius 3 is 2.38 bits per heavy atom. The van der Waals surface area contributed by atoms with Crippen LogP contribution < -0.4 is 0 Å². The van der Waals surface area contributed by atoms with Crippen LogP contribution in [0.15, 0.2) is 4.60 Å². The van der Waals surface area contributed by atoms with E-state index in [1.54, 1.807) is 0 Å². The van der Waals surface area contributed by atoms with Gasteiger partial charge < -0.3 is 0 Å². The van der Waals surface area contributed by atoms with Gasteiger partial charge in [-0.1, -0.05) is 19.1 Å². The lowest BCUT2D eigenvalue weighted by molar-refractivity contribution is 0.477. The Morgan fingerprint density at radius 2 is 1.92 bits per heavy atom. The zero-order valence-corrected chi connectivity index (χ0v) is 10.2. The molecule has 0 amide bonds. The van der Waals surface area contributed by atoms with Gasteiger partial charge in [-0.15, -0.1) is 5.10 Å². The van der Waals surface area contributed by atoms with E-state index >= 15 is 0 Å². The van der Waals surface area contributed by atoms with Gasteiger partial charge in [0.1, 0.15) is 0 Å². The summed E-state index contributed by atoms with van der Waals surface area (Å²) in [6.45, 7) is 8.63. The van der Waals surface area contributed by atoms with Crippen LogP contribution in [-0.2, 0) is 6.42 Å². The molecule has 0 N–H and O–H groups in total. The van der Waals surface area contributed by atoms with Crippen LogP contribution in [0.4, 0.5) is 0 Å². The molecule has 4 heteroatoms. The maximum Gasteiger partial charge on any atom is 0.151 e. The molecule has 0 aliphatic carbocycles. The molecule has 0 saturated heterocycles. The number of halogens is 1. The Morgan fingerprint density at radius 1 is 1.31 bits per heavy atom. The van der Waals surface area contributed by atoms with Gasteiger partial charge >= 0.3 is 0 Å². The fourth-order valence-electron chi connectivity index (χ4n) is 1.27. The number of aromatic nitrogens is 3. The van der Waals surface area contributed by atoms with E-state index in [0.29, 0.717) is 12.0 Å². The Bertz CT molecular complexity index is 278. The highest BCUT2D eigenvalue weighted by atomic mass is 79.9. The van der Waals surface area contributed by atoms with Crippen LogP contribution >= 0.6 is 15.9 Å². The highest BCUT2D eigenvalue weighted by Gasteiger charge is 2.13. The summed E-state index contributed by atoms with van der Waals surface area (Å²) in [6.07, 6.45) is 1.02. The predicted molar refractivity (Wildman–Crippen MR) is 56.6 cm³/mol. The van der Waals surface area contributed by atoms with Crippen molar-refractivity contribution in [2.24, 2.45) is 5.92 Å². The number of hydrogen-bond donors (Lipinski definition) is 0. The minimum Gasteiger partial charge on any atom is -0.246 e. The van der Waals surface area contributed by atoms with E-state index in [1.807, 2.05) is 4.68 Å². The van der Waals surface area contributed by atoms with E-state index in [1.165, 1.54) is 5.69 Å². The van der Waals surface area contributed by atoms with E-state index < -0.39 is 0 Å². The van der Waals surface area contributed by atoms with Crippen LogP contribution in [0.25, 0.3) is 0 Å². The molecule has 1 rings (SSSR count). The highest BCUT2D eigenvalue weighted by molar-refractivity contribution is 9.10. The number of nitrogens with zero attached hydrogens (tertiary/aromatic N) is 3. The molecule has 0 aromatic carbocycles. The van der Waals surface area contributed by atoms with Gasteiger partial charge in [-0.2, -0.15) is 0 Å². The van der Waals surface area contributed by atoms with E-state index in [0.717, 1.165) is 11.0 Å². The van der Waals surface area contributed by atoms with Gasteiger partial charge in [0.25, 0.3) is 0 Å². The maximum atomic E-state index is 4.09. The molecular formula is C9H16BrN3. The molecule has 0 aliphatic rings. The second-order valence-electron chi connectivity index (χ2n) is 3.96. The summed E-state index contributed by atoms with van der Waals surface area (Å²) in [6, 6.07) is 0.382. The number of rotatable bonds is 3. The van der Waals surface area contributed by atoms with Crippen LogP contribution in [0.2, 0.25) is 0 Å². The molecule has 3 nitrogen and oxygen atoms in total. The molecule has 1 aromatic heterocycles. The first kappa shape index (κ1) is 10.7. The molecule has 0 spiro atoms. The molecule has 74 valence electrons. The summed E-state index contributed by atoms with van der Waals surface area (Å²) in [5, 5.41) is 8.11. The zero-order valence-electron chi connectivity index (χ0n) is 8.58. The largest absolute Gasteiger partial charge is 0.246 e. The Labute approximate surface area is 87.6 Å². The van der Waals surface area contributed by atoms with Gasteiger partial charge in [-0.05, 0) is 42.1 Å². The zero-order chi connectivity index (χ0) is 10.0. The average molecular weight is 246 g/mol. The van der Waals surface area contributed by atoms with Crippen molar-refractivity contribution < 1.29 is 0 Å². The molecule has 1 aromatic rings. The van der Waals surface area contributed by atoms with Crippen LogP contribution in [0.3, 0.4) is 0 Å². The SMILES string of the molecule is CC(C)Cc1c(Br)nnn1C(C)C. The van der Waals surface area contributed by atoms with Crippen molar-refractivity contribution in [1.29, 1.82) is 0 Å². The predicted octanol–water partition coefficient (Wildman–Crippen LogP) is 2.82. The molecule has 0 unspecified atom stereocenters. The van der Waals surface area contributed by atoms with Gasteiger partial charge in [0, 0.05) is 6.04 Å². The van der Waals surface area contributed by atoms with E-state index in [-0.39, 0.29) is 0 Å². The van der Waals surface area contributed by atoms with E-state index in [4.69, 9.17) is 0 Å². The molecule has 13 heavy (non-hydrogen) atoms. The molecule has 0 atom stereocenters. The number of hydrogen-bond acceptors (Lipinski definition) is 2. The summed E-state index contributed by atoms with van der Waals surface area (Å²) in [7, 11) is 0. The summed E-state index contributed by atoms with van der Waals surface area (Å²) < 4.78 is 2.86. The van der Waals surface area contributed by atoms with Crippen LogP contribution in [0.5, 0.6) is 0 Å². The second kappa shape index (κ2) is 4.22. The lowest BCUT2D eigenvalue weighted by Crippen LogP contribution is -2.09. The van der Waals surface area contributed by atoms with Gasteiger partial charge in [-0.25, -0.2) is 4.68 Å². The minimum absolute atomic E-state index is 0.382. The lowest BCUT2D eigenvalue weighted by Gasteiger charge is -2.11. The Hall–Kier alpha value is -0.380. The third-order valence-electron chi connectivity index (χ3n) is 1.83. The molecular weight excluding hydrogens is 230 g/mol. The van der Waals surface area contributed by atoms with Crippen LogP contribution in [-0.4, -0.2) is 15.0 Å². The first-order chi connectivity index (χ1) is 6.02. The quantitative estimate of drug-likeness (QED) is 0.821. The Balaban J connectivity index is 2.94. The lowest BCUT2D eigenvalue weighted by atomic mass is 10.1. The topological polar surface area (TPSA) is 30.7 Å². The monoisotopic (exact) mass is 245 g/mol. The van der Waals surface area contributed by atoms with E-state index in [2.05, 4.69) is 53.9 Å². The van der Waals surface area contributed by atoms with Crippen molar-refractivity contribution in [3.05, 3.63) is 10.3 Å². The normalized spacial score (nSPS) is 11.6. The van der Waals surface area contributed by atoms with Gasteiger partial charge in [0.05, 0.1) is 5.69 Å². The molecule has 0 fully saturated rings. The first-order valence-corrected chi connectivity index (χ1v) is 5.41. The third-order valence-corrected chi connectivity index (χ3v) is 2.45. The van der Waals surface area contributed by atoms with Gasteiger partial charge in [0.15, 0.2) is 4.60 Å². The summed E-state index contributed by atoms with van der Waals surface area (Å²) in [4.78, 5) is 0. The highest BCUT2D eigenvalue weighted by Crippen LogP contribution is 2.19. The fraction of sp³-hybridized carbons (Fsp3) is 0.778. The van der Waals surface area contributed by atoms with Crippen molar-refractivity contribution >= 4 is 15.9 Å². The average Bonchev–Trinajstić information content (AvgIpc) is 2.32. The Kier molecular flexibility index (Phi) is 3.47. The fourth-order valence-corrected chi connectivity index (χ4v) is 1.69. The van der Waals surface area contributed by atoms with Crippen LogP contribution in [0, 0.1) is 5.92 Å². The van der Waals surface area contributed by atoms with Crippen LogP contribution in [0.1, 0.15) is 39.4 Å². The maximum absolute atomic E-state index is 4.09. The third kappa shape index (κ3) is 2.53. The minimum atomic E-state index is 0.382. The van der Waals surface area contributed by atoms with E-state index in [9.17, 15) is 0 Å². The van der Waals surface area contributed by atoms with Crippen molar-refractivity contribution in [2.75, 3.05) is 0 Å².